The monoisotopic (exact) mass is 381 g/mol. The van der Waals surface area contributed by atoms with Crippen molar-refractivity contribution >= 4 is 23.4 Å². The Bertz CT molecular complexity index is 878. The van der Waals surface area contributed by atoms with Crippen LogP contribution in [0, 0.1) is 12.3 Å². The van der Waals surface area contributed by atoms with Gasteiger partial charge in [0.2, 0.25) is 5.91 Å². The molecule has 2 heterocycles. The summed E-state index contributed by atoms with van der Waals surface area (Å²) < 4.78 is 1.87. The summed E-state index contributed by atoms with van der Waals surface area (Å²) in [6.45, 7) is 5.50. The summed E-state index contributed by atoms with van der Waals surface area (Å²) in [5.74, 6) is 0.965. The maximum atomic E-state index is 12.5. The van der Waals surface area contributed by atoms with E-state index in [0.29, 0.717) is 11.7 Å². The summed E-state index contributed by atoms with van der Waals surface area (Å²) in [6, 6.07) is 9.36. The second-order valence-corrected chi connectivity index (χ2v) is 8.14. The molecule has 4 rings (SSSR count). The molecule has 1 saturated carbocycles. The largest absolute Gasteiger partial charge is 0.342 e. The third kappa shape index (κ3) is 3.74. The smallest absolute Gasteiger partial charge is 0.324 e. The molecule has 1 aromatic carbocycles. The number of nitrogens with zero attached hydrogens (tertiary/aromatic N) is 3. The number of piperidine rings is 1. The number of hydrogen-bond acceptors (Lipinski definition) is 3. The lowest BCUT2D eigenvalue weighted by Gasteiger charge is -2.34. The lowest BCUT2D eigenvalue weighted by atomic mass is 10.0. The van der Waals surface area contributed by atoms with E-state index in [4.69, 9.17) is 0 Å². The Balaban J connectivity index is 1.36. The van der Waals surface area contributed by atoms with Gasteiger partial charge in [0, 0.05) is 30.3 Å². The molecule has 2 aliphatic rings. The van der Waals surface area contributed by atoms with Crippen molar-refractivity contribution in [2.45, 2.75) is 45.6 Å². The van der Waals surface area contributed by atoms with Gasteiger partial charge in [-0.1, -0.05) is 25.1 Å². The van der Waals surface area contributed by atoms with E-state index in [-0.39, 0.29) is 17.5 Å². The summed E-state index contributed by atoms with van der Waals surface area (Å²) in [6.07, 6.45) is 5.41. The van der Waals surface area contributed by atoms with E-state index in [1.807, 2.05) is 40.8 Å². The van der Waals surface area contributed by atoms with Crippen molar-refractivity contribution < 1.29 is 9.59 Å². The lowest BCUT2D eigenvalue weighted by molar-refractivity contribution is -0.137. The third-order valence-corrected chi connectivity index (χ3v) is 5.92. The van der Waals surface area contributed by atoms with Crippen LogP contribution in [0.2, 0.25) is 0 Å². The minimum Gasteiger partial charge on any atom is -0.342 e. The molecule has 0 unspecified atom stereocenters. The first-order chi connectivity index (χ1) is 13.5. The summed E-state index contributed by atoms with van der Waals surface area (Å²) in [5, 5.41) is 10.2. The fourth-order valence-electron chi connectivity index (χ4n) is 3.78. The molecule has 0 spiro atoms. The predicted molar refractivity (Wildman–Crippen MR) is 108 cm³/mol. The van der Waals surface area contributed by atoms with Gasteiger partial charge in [0.15, 0.2) is 0 Å². The Morgan fingerprint density at radius 1 is 1.11 bits per heavy atom. The highest BCUT2D eigenvalue weighted by molar-refractivity contribution is 5.99. The molecule has 1 saturated heterocycles. The quantitative estimate of drug-likeness (QED) is 0.845. The maximum Gasteiger partial charge on any atom is 0.324 e. The molecule has 2 aromatic rings. The molecular formula is C21H27N5O2. The number of likely N-dealkylation sites (tertiary alicyclic amines) is 1. The SMILES string of the molecule is Cc1ccccc1NC(=O)Nc1ccnn1C1CCN(C(=O)C2(C)CC2)CC1. The van der Waals surface area contributed by atoms with Crippen molar-refractivity contribution in [1.29, 1.82) is 0 Å². The van der Waals surface area contributed by atoms with Crippen molar-refractivity contribution in [2.75, 3.05) is 23.7 Å². The Hall–Kier alpha value is -2.83. The van der Waals surface area contributed by atoms with Gasteiger partial charge < -0.3 is 10.2 Å². The Kier molecular flexibility index (Phi) is 4.83. The highest BCUT2D eigenvalue weighted by Gasteiger charge is 2.47. The van der Waals surface area contributed by atoms with Crippen molar-refractivity contribution in [3.63, 3.8) is 0 Å². The van der Waals surface area contributed by atoms with Crippen molar-refractivity contribution in [1.82, 2.24) is 14.7 Å². The summed E-state index contributed by atoms with van der Waals surface area (Å²) in [5.41, 5.74) is 1.68. The minimum atomic E-state index is -0.287. The van der Waals surface area contributed by atoms with E-state index in [2.05, 4.69) is 22.7 Å². The zero-order valence-corrected chi connectivity index (χ0v) is 16.4. The van der Waals surface area contributed by atoms with Crippen LogP contribution < -0.4 is 10.6 Å². The molecule has 1 aromatic heterocycles. The Morgan fingerprint density at radius 2 is 1.82 bits per heavy atom. The number of benzene rings is 1. The average molecular weight is 381 g/mol. The summed E-state index contributed by atoms with van der Waals surface area (Å²) >= 11 is 0. The van der Waals surface area contributed by atoms with Crippen LogP contribution in [-0.2, 0) is 4.79 Å². The Labute approximate surface area is 165 Å². The fourth-order valence-corrected chi connectivity index (χ4v) is 3.78. The van der Waals surface area contributed by atoms with Gasteiger partial charge in [-0.3, -0.25) is 10.1 Å². The predicted octanol–water partition coefficient (Wildman–Crippen LogP) is 3.80. The molecular weight excluding hydrogens is 354 g/mol. The molecule has 0 bridgehead atoms. The number of hydrogen-bond donors (Lipinski definition) is 2. The molecule has 0 atom stereocenters. The molecule has 3 amide bonds. The van der Waals surface area contributed by atoms with Gasteiger partial charge in [-0.25, -0.2) is 9.48 Å². The first-order valence-electron chi connectivity index (χ1n) is 9.93. The normalized spacial score (nSPS) is 18.6. The lowest BCUT2D eigenvalue weighted by Crippen LogP contribution is -2.42. The second-order valence-electron chi connectivity index (χ2n) is 8.14. The third-order valence-electron chi connectivity index (χ3n) is 5.92. The van der Waals surface area contributed by atoms with E-state index >= 15 is 0 Å². The minimum absolute atomic E-state index is 0.112. The molecule has 7 heteroatoms. The number of para-hydroxylation sites is 1. The van der Waals surface area contributed by atoms with Crippen LogP contribution in [0.5, 0.6) is 0 Å². The summed E-state index contributed by atoms with van der Waals surface area (Å²) in [7, 11) is 0. The number of aryl methyl sites for hydroxylation is 1. The van der Waals surface area contributed by atoms with Crippen molar-refractivity contribution in [3.05, 3.63) is 42.1 Å². The first-order valence-corrected chi connectivity index (χ1v) is 9.93. The number of rotatable bonds is 4. The molecule has 1 aliphatic carbocycles. The molecule has 28 heavy (non-hydrogen) atoms. The van der Waals surface area contributed by atoms with Crippen LogP contribution in [0.1, 0.15) is 44.2 Å². The topological polar surface area (TPSA) is 79.3 Å². The molecule has 2 N–H and O–H groups in total. The maximum absolute atomic E-state index is 12.5. The van der Waals surface area contributed by atoms with Crippen molar-refractivity contribution in [3.8, 4) is 0 Å². The molecule has 7 nitrogen and oxygen atoms in total. The fraction of sp³-hybridized carbons (Fsp3) is 0.476. The number of carbonyl (C=O) groups is 2. The number of carbonyl (C=O) groups excluding carboxylic acids is 2. The molecule has 0 radical (unpaired) electrons. The molecule has 2 fully saturated rings. The Morgan fingerprint density at radius 3 is 2.50 bits per heavy atom. The first kappa shape index (κ1) is 18.5. The zero-order valence-electron chi connectivity index (χ0n) is 16.4. The molecule has 1 aliphatic heterocycles. The van der Waals surface area contributed by atoms with E-state index in [1.54, 1.807) is 12.3 Å². The molecule has 148 valence electrons. The number of nitrogens with one attached hydrogen (secondary N) is 2. The van der Waals surface area contributed by atoms with Crippen LogP contribution in [0.3, 0.4) is 0 Å². The summed E-state index contributed by atoms with van der Waals surface area (Å²) in [4.78, 5) is 26.9. The van der Waals surface area contributed by atoms with Gasteiger partial charge in [0.1, 0.15) is 5.82 Å². The number of anilines is 2. The van der Waals surface area contributed by atoms with Gasteiger partial charge in [0.05, 0.1) is 12.2 Å². The van der Waals surface area contributed by atoms with Crippen LogP contribution in [-0.4, -0.2) is 39.7 Å². The van der Waals surface area contributed by atoms with E-state index in [9.17, 15) is 9.59 Å². The highest BCUT2D eigenvalue weighted by atomic mass is 16.2. The number of urea groups is 1. The zero-order chi connectivity index (χ0) is 19.7. The van der Waals surface area contributed by atoms with E-state index in [0.717, 1.165) is 50.0 Å². The van der Waals surface area contributed by atoms with Crippen LogP contribution in [0.15, 0.2) is 36.5 Å². The number of aromatic nitrogens is 2. The van der Waals surface area contributed by atoms with Crippen molar-refractivity contribution in [2.24, 2.45) is 5.41 Å². The van der Waals surface area contributed by atoms with Gasteiger partial charge in [-0.15, -0.1) is 0 Å². The van der Waals surface area contributed by atoms with Crippen LogP contribution in [0.25, 0.3) is 0 Å². The number of amides is 3. The van der Waals surface area contributed by atoms with Gasteiger partial charge >= 0.3 is 6.03 Å². The van der Waals surface area contributed by atoms with Gasteiger partial charge in [-0.05, 0) is 44.2 Å². The van der Waals surface area contributed by atoms with Crippen LogP contribution >= 0.6 is 0 Å². The van der Waals surface area contributed by atoms with Crippen LogP contribution in [0.4, 0.5) is 16.3 Å². The van der Waals surface area contributed by atoms with E-state index in [1.165, 1.54) is 0 Å². The average Bonchev–Trinajstić information content (AvgIpc) is 3.28. The van der Waals surface area contributed by atoms with E-state index < -0.39 is 0 Å². The van der Waals surface area contributed by atoms with Gasteiger partial charge in [-0.2, -0.15) is 5.10 Å². The van der Waals surface area contributed by atoms with Gasteiger partial charge in [0.25, 0.3) is 0 Å². The highest BCUT2D eigenvalue weighted by Crippen LogP contribution is 2.47. The second kappa shape index (κ2) is 7.30. The standard InChI is InChI=1S/C21H27N5O2/c1-15-5-3-4-6-17(15)23-20(28)24-18-7-12-22-26(18)16-8-13-25(14-9-16)19(27)21(2)10-11-21/h3-7,12,16H,8-11,13-14H2,1-2H3,(H2,23,24,28).